The highest BCUT2D eigenvalue weighted by atomic mass is 32.2. The summed E-state index contributed by atoms with van der Waals surface area (Å²) in [5.41, 5.74) is 0.391. The molecule has 0 aromatic carbocycles. The third kappa shape index (κ3) is 3.36. The van der Waals surface area contributed by atoms with Crippen molar-refractivity contribution in [3.63, 3.8) is 0 Å². The number of ether oxygens (including phenoxy) is 1. The summed E-state index contributed by atoms with van der Waals surface area (Å²) in [6.45, 7) is 4.93. The Hall–Kier alpha value is -1.78. The Labute approximate surface area is 111 Å². The number of hydrogen-bond donors (Lipinski definition) is 0. The van der Waals surface area contributed by atoms with Gasteiger partial charge in [-0.15, -0.1) is 0 Å². The van der Waals surface area contributed by atoms with Gasteiger partial charge < -0.3 is 4.74 Å². The molecule has 0 radical (unpaired) electrons. The van der Waals surface area contributed by atoms with E-state index in [1.54, 1.807) is 19.8 Å². The fraction of sp³-hybridized carbons (Fsp3) is 0.417. The van der Waals surface area contributed by atoms with Crippen molar-refractivity contribution in [3.8, 4) is 0 Å². The van der Waals surface area contributed by atoms with Crippen molar-refractivity contribution in [2.45, 2.75) is 33.0 Å². The largest absolute Gasteiger partial charge is 0.365 e. The molecule has 19 heavy (non-hydrogen) atoms. The fourth-order valence-electron chi connectivity index (χ4n) is 1.66. The molecule has 0 fully saturated rings. The lowest BCUT2D eigenvalue weighted by Gasteiger charge is -2.24. The SMILES string of the molecule is CC1=C(S(=O)(=O)N=C=O)C(OC(C)C)C(=C=O)C=C1. The number of nitrogens with zero attached hydrogens (tertiary/aromatic N) is 1. The topological polar surface area (TPSA) is 89.9 Å². The predicted octanol–water partition coefficient (Wildman–Crippen LogP) is 1.05. The molecule has 0 spiro atoms. The monoisotopic (exact) mass is 283 g/mol. The smallest absolute Gasteiger partial charge is 0.292 e. The molecule has 0 aromatic rings. The second-order valence-corrected chi connectivity index (χ2v) is 5.73. The normalized spacial score (nSPS) is 19.4. The minimum absolute atomic E-state index is 0.0407. The molecule has 0 N–H and O–H groups in total. The van der Waals surface area contributed by atoms with Gasteiger partial charge in [0.2, 0.25) is 0 Å². The summed E-state index contributed by atoms with van der Waals surface area (Å²) in [6, 6.07) is 0. The van der Waals surface area contributed by atoms with Crippen LogP contribution in [0.25, 0.3) is 0 Å². The quantitative estimate of drug-likeness (QED) is 0.437. The van der Waals surface area contributed by atoms with Crippen molar-refractivity contribution in [2.24, 2.45) is 4.40 Å². The maximum atomic E-state index is 11.9. The molecular formula is C12H13NO5S. The van der Waals surface area contributed by atoms with Crippen LogP contribution in [-0.2, 0) is 24.3 Å². The average Bonchev–Trinajstić information content (AvgIpc) is 2.28. The summed E-state index contributed by atoms with van der Waals surface area (Å²) < 4.78 is 32.1. The van der Waals surface area contributed by atoms with Gasteiger partial charge in [0.05, 0.1) is 11.7 Å². The van der Waals surface area contributed by atoms with Crippen LogP contribution < -0.4 is 0 Å². The number of rotatable bonds is 4. The summed E-state index contributed by atoms with van der Waals surface area (Å²) in [5.74, 6) is 1.64. The lowest BCUT2D eigenvalue weighted by Crippen LogP contribution is -2.28. The van der Waals surface area contributed by atoms with Crippen LogP contribution in [0.1, 0.15) is 20.8 Å². The second-order valence-electron chi connectivity index (χ2n) is 4.16. The van der Waals surface area contributed by atoms with Crippen molar-refractivity contribution in [1.82, 2.24) is 0 Å². The van der Waals surface area contributed by atoms with Crippen LogP contribution in [0, 0.1) is 0 Å². The van der Waals surface area contributed by atoms with E-state index in [0.717, 1.165) is 6.08 Å². The third-order valence-electron chi connectivity index (χ3n) is 2.38. The Kier molecular flexibility index (Phi) is 4.75. The van der Waals surface area contributed by atoms with Crippen LogP contribution in [0.3, 0.4) is 0 Å². The molecule has 0 amide bonds. The van der Waals surface area contributed by atoms with Gasteiger partial charge in [-0.3, -0.25) is 0 Å². The molecule has 1 unspecified atom stereocenters. The van der Waals surface area contributed by atoms with Gasteiger partial charge in [-0.1, -0.05) is 10.5 Å². The summed E-state index contributed by atoms with van der Waals surface area (Å²) in [7, 11) is -4.22. The maximum Gasteiger partial charge on any atom is 0.292 e. The summed E-state index contributed by atoms with van der Waals surface area (Å²) in [5, 5.41) is 0. The molecule has 7 heteroatoms. The lowest BCUT2D eigenvalue weighted by molar-refractivity contribution is 0.0542. The van der Waals surface area contributed by atoms with Gasteiger partial charge in [-0.25, -0.2) is 9.59 Å². The van der Waals surface area contributed by atoms with Crippen molar-refractivity contribution in [1.29, 1.82) is 0 Å². The first-order chi connectivity index (χ1) is 8.83. The second kappa shape index (κ2) is 5.91. The van der Waals surface area contributed by atoms with Gasteiger partial charge in [0, 0.05) is 0 Å². The first kappa shape index (κ1) is 15.3. The van der Waals surface area contributed by atoms with E-state index < -0.39 is 16.1 Å². The molecule has 0 bridgehead atoms. The third-order valence-corrected chi connectivity index (χ3v) is 3.79. The number of hydrogen-bond acceptors (Lipinski definition) is 5. The van der Waals surface area contributed by atoms with Gasteiger partial charge in [-0.05, 0) is 32.4 Å². The fourth-order valence-corrected chi connectivity index (χ4v) is 2.79. The highest BCUT2D eigenvalue weighted by Gasteiger charge is 2.34. The van der Waals surface area contributed by atoms with E-state index >= 15 is 0 Å². The number of allylic oxidation sites excluding steroid dienone is 2. The molecule has 0 saturated heterocycles. The number of sulfonamides is 1. The molecule has 0 aliphatic heterocycles. The molecule has 6 nitrogen and oxygen atoms in total. The Balaban J connectivity index is 3.48. The first-order valence-electron chi connectivity index (χ1n) is 5.47. The predicted molar refractivity (Wildman–Crippen MR) is 68.1 cm³/mol. The van der Waals surface area contributed by atoms with Gasteiger partial charge in [0.1, 0.15) is 17.0 Å². The van der Waals surface area contributed by atoms with Crippen molar-refractivity contribution in [3.05, 3.63) is 28.2 Å². The summed E-state index contributed by atoms with van der Waals surface area (Å²) in [6.07, 6.45) is 2.44. The standard InChI is InChI=1S/C12H13NO5S/c1-8(2)18-11-10(6-14)5-4-9(3)12(11)19(16,17)13-7-15/h4-5,8,11H,1-3H3. The molecular weight excluding hydrogens is 270 g/mol. The number of isocyanates is 1. The minimum atomic E-state index is -4.22. The average molecular weight is 283 g/mol. The Morgan fingerprint density at radius 2 is 1.95 bits per heavy atom. The zero-order valence-corrected chi connectivity index (χ0v) is 11.5. The molecule has 1 aliphatic carbocycles. The van der Waals surface area contributed by atoms with E-state index in [0.29, 0.717) is 5.57 Å². The summed E-state index contributed by atoms with van der Waals surface area (Å²) >= 11 is 0. The zero-order chi connectivity index (χ0) is 14.6. The maximum absolute atomic E-state index is 11.9. The van der Waals surface area contributed by atoms with E-state index in [4.69, 9.17) is 4.74 Å². The van der Waals surface area contributed by atoms with Gasteiger partial charge >= 0.3 is 0 Å². The lowest BCUT2D eigenvalue weighted by atomic mass is 10.0. The van der Waals surface area contributed by atoms with Crippen molar-refractivity contribution < 1.29 is 22.7 Å². The van der Waals surface area contributed by atoms with Crippen molar-refractivity contribution in [2.75, 3.05) is 0 Å². The van der Waals surface area contributed by atoms with E-state index in [1.807, 2.05) is 0 Å². The van der Waals surface area contributed by atoms with E-state index in [9.17, 15) is 18.0 Å². The highest BCUT2D eigenvalue weighted by Crippen LogP contribution is 2.30. The van der Waals surface area contributed by atoms with Gasteiger partial charge in [-0.2, -0.15) is 8.42 Å². The molecule has 1 atom stereocenters. The van der Waals surface area contributed by atoms with Crippen LogP contribution in [0.15, 0.2) is 32.6 Å². The van der Waals surface area contributed by atoms with Crippen LogP contribution in [0.2, 0.25) is 0 Å². The Morgan fingerprint density at radius 1 is 1.32 bits per heavy atom. The van der Waals surface area contributed by atoms with Crippen LogP contribution >= 0.6 is 0 Å². The number of carbonyl (C=O) groups excluding carboxylic acids is 2. The molecule has 0 heterocycles. The molecule has 1 rings (SSSR count). The minimum Gasteiger partial charge on any atom is -0.365 e. The van der Waals surface area contributed by atoms with Crippen molar-refractivity contribution >= 4 is 22.0 Å². The molecule has 0 aromatic heterocycles. The Morgan fingerprint density at radius 3 is 2.42 bits per heavy atom. The highest BCUT2D eigenvalue weighted by molar-refractivity contribution is 7.94. The zero-order valence-electron chi connectivity index (χ0n) is 10.7. The van der Waals surface area contributed by atoms with E-state index in [1.165, 1.54) is 19.1 Å². The van der Waals surface area contributed by atoms with E-state index in [-0.39, 0.29) is 16.6 Å². The van der Waals surface area contributed by atoms with Crippen LogP contribution in [0.4, 0.5) is 0 Å². The van der Waals surface area contributed by atoms with Crippen LogP contribution in [0.5, 0.6) is 0 Å². The van der Waals surface area contributed by atoms with Gasteiger partial charge in [0.15, 0.2) is 0 Å². The summed E-state index contributed by atoms with van der Waals surface area (Å²) in [4.78, 5) is 20.9. The molecule has 102 valence electrons. The van der Waals surface area contributed by atoms with E-state index in [2.05, 4.69) is 4.40 Å². The first-order valence-corrected chi connectivity index (χ1v) is 6.91. The Bertz CT molecular complexity index is 629. The van der Waals surface area contributed by atoms with Crippen LogP contribution in [-0.4, -0.2) is 32.6 Å². The van der Waals surface area contributed by atoms with Gasteiger partial charge in [0.25, 0.3) is 16.1 Å². The molecule has 1 aliphatic rings. The molecule has 0 saturated carbocycles.